The van der Waals surface area contributed by atoms with E-state index in [0.717, 1.165) is 6.07 Å². The van der Waals surface area contributed by atoms with Gasteiger partial charge in [0.2, 0.25) is 12.1 Å². The Morgan fingerprint density at radius 2 is 1.69 bits per heavy atom. The number of Topliss-reactive ketones (excluding diaryl/α,β-unsaturated/α-hetero) is 1. The van der Waals surface area contributed by atoms with E-state index in [1.807, 2.05) is 0 Å². The molecule has 2 heterocycles. The highest BCUT2D eigenvalue weighted by Gasteiger charge is 2.45. The van der Waals surface area contributed by atoms with E-state index in [1.165, 1.54) is 30.3 Å². The lowest BCUT2D eigenvalue weighted by Crippen LogP contribution is -2.60. The summed E-state index contributed by atoms with van der Waals surface area (Å²) in [5, 5.41) is 68.4. The van der Waals surface area contributed by atoms with Crippen LogP contribution < -0.4 is 9.47 Å². The minimum Gasteiger partial charge on any atom is -0.507 e. The second kappa shape index (κ2) is 8.30. The Kier molecular flexibility index (Phi) is 5.67. The van der Waals surface area contributed by atoms with Crippen LogP contribution in [0.4, 0.5) is 0 Å². The van der Waals surface area contributed by atoms with Gasteiger partial charge in [0.15, 0.2) is 17.3 Å². The number of carbonyl (C=O) groups is 1. The highest BCUT2D eigenvalue weighted by atomic mass is 16.7. The molecule has 1 fully saturated rings. The summed E-state index contributed by atoms with van der Waals surface area (Å²) in [5.41, 5.74) is 0.217. The predicted molar refractivity (Wildman–Crippen MR) is 105 cm³/mol. The molecule has 0 aliphatic carbocycles. The number of hydrogen-bond acceptors (Lipinski definition) is 11. The standard InChI is InChI=1S/C21H20O11/c22-7-15-18(27)19(28)20(29)21(32-15)30-9-5-12(25)16-13(6-9)31-14(17(16)26)4-8-1-2-10(23)11(24)3-8/h1-6,15,18-25,27-29H,7H2/t15-,18+,19-,20-,21+/m1/s1. The van der Waals surface area contributed by atoms with Crippen LogP contribution in [-0.2, 0) is 4.74 Å². The van der Waals surface area contributed by atoms with Crippen molar-refractivity contribution in [2.75, 3.05) is 6.61 Å². The van der Waals surface area contributed by atoms with Crippen molar-refractivity contribution in [3.63, 3.8) is 0 Å². The molecule has 0 radical (unpaired) electrons. The van der Waals surface area contributed by atoms with E-state index in [0.29, 0.717) is 5.56 Å². The number of ketones is 1. The smallest absolute Gasteiger partial charge is 0.235 e. The monoisotopic (exact) mass is 448 g/mol. The number of aromatic hydroxyl groups is 3. The van der Waals surface area contributed by atoms with Crippen molar-refractivity contribution in [1.29, 1.82) is 0 Å². The molecule has 0 unspecified atom stereocenters. The van der Waals surface area contributed by atoms with Crippen molar-refractivity contribution < 1.29 is 54.8 Å². The Morgan fingerprint density at radius 3 is 2.38 bits per heavy atom. The van der Waals surface area contributed by atoms with Gasteiger partial charge in [0, 0.05) is 12.1 Å². The van der Waals surface area contributed by atoms with Crippen molar-refractivity contribution >= 4 is 11.9 Å². The maximum Gasteiger partial charge on any atom is 0.235 e. The van der Waals surface area contributed by atoms with Crippen molar-refractivity contribution in [1.82, 2.24) is 0 Å². The van der Waals surface area contributed by atoms with E-state index in [2.05, 4.69) is 0 Å². The average Bonchev–Trinajstić information content (AvgIpc) is 3.06. The zero-order valence-electron chi connectivity index (χ0n) is 16.3. The number of aliphatic hydroxyl groups is 4. The zero-order chi connectivity index (χ0) is 23.2. The minimum absolute atomic E-state index is 0.0520. The van der Waals surface area contributed by atoms with Gasteiger partial charge in [-0.3, -0.25) is 4.79 Å². The van der Waals surface area contributed by atoms with Crippen LogP contribution in [0.2, 0.25) is 0 Å². The molecule has 2 aromatic carbocycles. The largest absolute Gasteiger partial charge is 0.507 e. The number of allylic oxidation sites excluding steroid dienone is 1. The van der Waals surface area contributed by atoms with E-state index >= 15 is 0 Å². The number of aliphatic hydroxyl groups excluding tert-OH is 4. The van der Waals surface area contributed by atoms with Crippen LogP contribution in [0.3, 0.4) is 0 Å². The molecule has 0 aromatic heterocycles. The lowest BCUT2D eigenvalue weighted by Gasteiger charge is -2.39. The van der Waals surface area contributed by atoms with Gasteiger partial charge < -0.3 is 50.0 Å². The molecule has 2 aromatic rings. The van der Waals surface area contributed by atoms with E-state index in [1.54, 1.807) is 0 Å². The Balaban J connectivity index is 1.58. The third kappa shape index (κ3) is 3.83. The van der Waals surface area contributed by atoms with Crippen LogP contribution >= 0.6 is 0 Å². The molecule has 11 nitrogen and oxygen atoms in total. The summed E-state index contributed by atoms with van der Waals surface area (Å²) < 4.78 is 16.2. The number of hydrogen-bond donors (Lipinski definition) is 7. The number of rotatable bonds is 4. The summed E-state index contributed by atoms with van der Waals surface area (Å²) >= 11 is 0. The van der Waals surface area contributed by atoms with Crippen molar-refractivity contribution in [2.24, 2.45) is 0 Å². The molecule has 2 aliphatic rings. The van der Waals surface area contributed by atoms with Gasteiger partial charge in [-0.2, -0.15) is 0 Å². The number of carbonyl (C=O) groups excluding carboxylic acids is 1. The molecule has 32 heavy (non-hydrogen) atoms. The van der Waals surface area contributed by atoms with E-state index < -0.39 is 48.8 Å². The van der Waals surface area contributed by atoms with E-state index in [-0.39, 0.29) is 34.3 Å². The van der Waals surface area contributed by atoms with Crippen molar-refractivity contribution in [2.45, 2.75) is 30.7 Å². The van der Waals surface area contributed by atoms with Gasteiger partial charge in [-0.1, -0.05) is 6.07 Å². The molecule has 0 bridgehead atoms. The Labute approximate surface area is 180 Å². The molecule has 7 N–H and O–H groups in total. The average molecular weight is 448 g/mol. The van der Waals surface area contributed by atoms with Crippen LogP contribution in [0, 0.1) is 0 Å². The summed E-state index contributed by atoms with van der Waals surface area (Å²) in [6.07, 6.45) is -6.24. The zero-order valence-corrected chi connectivity index (χ0v) is 16.3. The van der Waals surface area contributed by atoms with Crippen LogP contribution in [-0.4, -0.2) is 78.8 Å². The van der Waals surface area contributed by atoms with Gasteiger partial charge in [-0.25, -0.2) is 0 Å². The first-order valence-corrected chi connectivity index (χ1v) is 9.50. The molecular formula is C21H20O11. The molecule has 4 rings (SSSR count). The molecule has 2 aliphatic heterocycles. The van der Waals surface area contributed by atoms with E-state index in [9.17, 15) is 40.5 Å². The Morgan fingerprint density at radius 1 is 0.938 bits per heavy atom. The first kappa shape index (κ1) is 21.9. The molecule has 5 atom stereocenters. The lowest BCUT2D eigenvalue weighted by atomic mass is 9.99. The quantitative estimate of drug-likeness (QED) is 0.238. The summed E-state index contributed by atoms with van der Waals surface area (Å²) in [4.78, 5) is 12.6. The summed E-state index contributed by atoms with van der Waals surface area (Å²) in [6, 6.07) is 6.23. The van der Waals surface area contributed by atoms with Gasteiger partial charge in [0.25, 0.3) is 0 Å². The highest BCUT2D eigenvalue weighted by Crippen LogP contribution is 2.42. The highest BCUT2D eigenvalue weighted by molar-refractivity contribution is 6.16. The molecular weight excluding hydrogens is 428 g/mol. The van der Waals surface area contributed by atoms with Crippen molar-refractivity contribution in [3.05, 3.63) is 47.2 Å². The minimum atomic E-state index is -1.66. The molecule has 0 spiro atoms. The SMILES string of the molecule is O=C1C(=Cc2ccc(O)c(O)c2)Oc2cc(O[C@H]3O[C@H](CO)[C@H](O)[C@@H](O)[C@H]3O)cc(O)c21. The number of fused-ring (bicyclic) bond motifs is 1. The van der Waals surface area contributed by atoms with Gasteiger partial charge in [0.05, 0.1) is 6.61 Å². The van der Waals surface area contributed by atoms with Crippen LogP contribution in [0.15, 0.2) is 36.1 Å². The fourth-order valence-corrected chi connectivity index (χ4v) is 3.42. The first-order valence-electron chi connectivity index (χ1n) is 9.50. The third-order valence-corrected chi connectivity index (χ3v) is 5.12. The van der Waals surface area contributed by atoms with Gasteiger partial charge in [0.1, 0.15) is 47.2 Å². The van der Waals surface area contributed by atoms with Crippen LogP contribution in [0.5, 0.6) is 28.7 Å². The molecule has 0 saturated carbocycles. The fourth-order valence-electron chi connectivity index (χ4n) is 3.42. The summed E-state index contributed by atoms with van der Waals surface area (Å²) in [6.45, 7) is -0.640. The third-order valence-electron chi connectivity index (χ3n) is 5.12. The topological polar surface area (TPSA) is 186 Å². The summed E-state index contributed by atoms with van der Waals surface area (Å²) in [7, 11) is 0. The van der Waals surface area contributed by atoms with Crippen LogP contribution in [0.1, 0.15) is 15.9 Å². The Hall–Kier alpha value is -3.35. The predicted octanol–water partition coefficient (Wildman–Crippen LogP) is -0.402. The van der Waals surface area contributed by atoms with Gasteiger partial charge in [-0.05, 0) is 23.8 Å². The maximum atomic E-state index is 12.6. The van der Waals surface area contributed by atoms with Crippen molar-refractivity contribution in [3.8, 4) is 28.7 Å². The first-order chi connectivity index (χ1) is 15.2. The lowest BCUT2D eigenvalue weighted by molar-refractivity contribution is -0.277. The number of phenols is 3. The number of benzene rings is 2. The second-order valence-electron chi connectivity index (χ2n) is 7.32. The van der Waals surface area contributed by atoms with E-state index in [4.69, 9.17) is 14.2 Å². The molecule has 11 heteroatoms. The second-order valence-corrected chi connectivity index (χ2v) is 7.32. The Bertz CT molecular complexity index is 1080. The fraction of sp³-hybridized carbons (Fsp3) is 0.286. The van der Waals surface area contributed by atoms with Crippen LogP contribution in [0.25, 0.3) is 6.08 Å². The number of ether oxygens (including phenoxy) is 3. The molecule has 1 saturated heterocycles. The number of phenolic OH excluding ortho intramolecular Hbond substituents is 3. The summed E-state index contributed by atoms with van der Waals surface area (Å²) in [5.74, 6) is -2.13. The van der Waals surface area contributed by atoms with Gasteiger partial charge >= 0.3 is 0 Å². The molecule has 170 valence electrons. The van der Waals surface area contributed by atoms with Gasteiger partial charge in [-0.15, -0.1) is 0 Å². The normalized spacial score (nSPS) is 28.4. The molecule has 0 amide bonds. The maximum absolute atomic E-state index is 12.6.